The number of guanidine groups is 1. The van der Waals surface area contributed by atoms with Gasteiger partial charge >= 0.3 is 0 Å². The Hall–Kier alpha value is -0.980. The molecule has 1 aliphatic rings. The number of nitrogens with one attached hydrogen (secondary N) is 1. The van der Waals surface area contributed by atoms with Gasteiger partial charge in [-0.05, 0) is 42.5 Å². The summed E-state index contributed by atoms with van der Waals surface area (Å²) in [4.78, 5) is 4.47. The van der Waals surface area contributed by atoms with Crippen molar-refractivity contribution in [1.29, 1.82) is 0 Å². The summed E-state index contributed by atoms with van der Waals surface area (Å²) in [5.74, 6) is 1.32. The second kappa shape index (κ2) is 7.71. The molecule has 3 N–H and O–H groups in total. The van der Waals surface area contributed by atoms with Gasteiger partial charge in [-0.25, -0.2) is 0 Å². The van der Waals surface area contributed by atoms with Crippen molar-refractivity contribution in [3.63, 3.8) is 0 Å². The maximum Gasteiger partial charge on any atom is 0.193 e. The van der Waals surface area contributed by atoms with Crippen molar-refractivity contribution in [3.05, 3.63) is 24.3 Å². The largest absolute Gasteiger partial charge is 0.497 e. The van der Waals surface area contributed by atoms with Gasteiger partial charge in [0.25, 0.3) is 0 Å². The van der Waals surface area contributed by atoms with E-state index in [1.165, 1.54) is 25.7 Å². The Kier molecular flexibility index (Phi) is 6.58. The van der Waals surface area contributed by atoms with Gasteiger partial charge in [-0.15, -0.1) is 24.0 Å². The number of nitrogens with two attached hydrogens (primary N) is 1. The van der Waals surface area contributed by atoms with E-state index in [4.69, 9.17) is 10.5 Å². The lowest BCUT2D eigenvalue weighted by Gasteiger charge is -2.20. The number of nitrogens with zero attached hydrogens (tertiary/aromatic N) is 1. The number of halogens is 1. The molecule has 0 spiro atoms. The first-order chi connectivity index (χ1) is 9.11. The molecule has 0 aliphatic heterocycles. The molecule has 0 aromatic heterocycles. The highest BCUT2D eigenvalue weighted by Gasteiger charge is 2.28. The highest BCUT2D eigenvalue weighted by atomic mass is 127. The van der Waals surface area contributed by atoms with E-state index in [-0.39, 0.29) is 24.0 Å². The predicted octanol–water partition coefficient (Wildman–Crippen LogP) is 3.62. The quantitative estimate of drug-likeness (QED) is 0.470. The SMILES string of the molecule is COc1ccc(NC(N)=NCC2(C)CCCC2)cc1.I. The van der Waals surface area contributed by atoms with Gasteiger partial charge in [-0.2, -0.15) is 0 Å². The molecule has 1 aliphatic carbocycles. The van der Waals surface area contributed by atoms with Gasteiger partial charge in [0.2, 0.25) is 0 Å². The molecule has 0 bridgehead atoms. The molecule has 2 rings (SSSR count). The van der Waals surface area contributed by atoms with E-state index in [2.05, 4.69) is 17.2 Å². The Balaban J connectivity index is 0.00000200. The summed E-state index contributed by atoms with van der Waals surface area (Å²) in [6.07, 6.45) is 5.15. The van der Waals surface area contributed by atoms with Crippen LogP contribution >= 0.6 is 24.0 Å². The lowest BCUT2D eigenvalue weighted by molar-refractivity contribution is 0.351. The van der Waals surface area contributed by atoms with Gasteiger partial charge in [-0.1, -0.05) is 19.8 Å². The smallest absolute Gasteiger partial charge is 0.193 e. The zero-order valence-corrected chi connectivity index (χ0v) is 14.5. The van der Waals surface area contributed by atoms with Crippen LogP contribution in [-0.4, -0.2) is 19.6 Å². The van der Waals surface area contributed by atoms with Gasteiger partial charge in [0.1, 0.15) is 5.75 Å². The van der Waals surface area contributed by atoms with Crippen LogP contribution in [0.15, 0.2) is 29.3 Å². The summed E-state index contributed by atoms with van der Waals surface area (Å²) in [6.45, 7) is 3.10. The maximum absolute atomic E-state index is 5.92. The van der Waals surface area contributed by atoms with E-state index in [0.29, 0.717) is 11.4 Å². The number of methoxy groups -OCH3 is 1. The first kappa shape index (κ1) is 17.1. The summed E-state index contributed by atoms with van der Waals surface area (Å²) >= 11 is 0. The monoisotopic (exact) mass is 389 g/mol. The van der Waals surface area contributed by atoms with Crippen molar-refractivity contribution >= 4 is 35.6 Å². The molecular formula is C15H24IN3O. The number of aliphatic imine (C=N–C) groups is 1. The summed E-state index contributed by atoms with van der Waals surface area (Å²) in [5, 5.41) is 3.11. The van der Waals surface area contributed by atoms with Gasteiger partial charge in [0, 0.05) is 12.2 Å². The van der Waals surface area contributed by atoms with E-state index in [9.17, 15) is 0 Å². The molecule has 0 unspecified atom stereocenters. The lowest BCUT2D eigenvalue weighted by atomic mass is 9.89. The minimum Gasteiger partial charge on any atom is -0.497 e. The third-order valence-electron chi connectivity index (χ3n) is 3.80. The molecule has 1 saturated carbocycles. The summed E-state index contributed by atoms with van der Waals surface area (Å²) in [6, 6.07) is 7.65. The predicted molar refractivity (Wildman–Crippen MR) is 95.1 cm³/mol. The van der Waals surface area contributed by atoms with E-state index in [1.807, 2.05) is 24.3 Å². The molecule has 5 heteroatoms. The van der Waals surface area contributed by atoms with Crippen LogP contribution in [-0.2, 0) is 0 Å². The van der Waals surface area contributed by atoms with Crippen LogP contribution in [0.25, 0.3) is 0 Å². The Labute approximate surface area is 138 Å². The van der Waals surface area contributed by atoms with Crippen LogP contribution in [0.5, 0.6) is 5.75 Å². The van der Waals surface area contributed by atoms with E-state index >= 15 is 0 Å². The molecule has 4 nitrogen and oxygen atoms in total. The molecule has 1 aromatic carbocycles. The molecule has 20 heavy (non-hydrogen) atoms. The van der Waals surface area contributed by atoms with Crippen LogP contribution in [0.4, 0.5) is 5.69 Å². The van der Waals surface area contributed by atoms with Crippen LogP contribution in [0.3, 0.4) is 0 Å². The molecular weight excluding hydrogens is 365 g/mol. The molecule has 0 radical (unpaired) electrons. The zero-order chi connectivity index (χ0) is 13.7. The molecule has 1 fully saturated rings. The normalized spacial score (nSPS) is 17.4. The average molecular weight is 389 g/mol. The highest BCUT2D eigenvalue weighted by Crippen LogP contribution is 2.37. The third kappa shape index (κ3) is 4.85. The van der Waals surface area contributed by atoms with Crippen LogP contribution in [0, 0.1) is 5.41 Å². The standard InChI is InChI=1S/C15H23N3O.HI/c1-15(9-3-4-10-15)11-17-14(16)18-12-5-7-13(19-2)8-6-12;/h5-8H,3-4,9-11H2,1-2H3,(H3,16,17,18);1H. The van der Waals surface area contributed by atoms with Crippen LogP contribution < -0.4 is 15.8 Å². The van der Waals surface area contributed by atoms with E-state index in [1.54, 1.807) is 7.11 Å². The second-order valence-corrected chi connectivity index (χ2v) is 5.57. The average Bonchev–Trinajstić information content (AvgIpc) is 2.85. The number of hydrogen-bond donors (Lipinski definition) is 2. The number of hydrogen-bond acceptors (Lipinski definition) is 2. The molecule has 112 valence electrons. The Morgan fingerprint density at radius 3 is 2.45 bits per heavy atom. The minimum absolute atomic E-state index is 0. The van der Waals surface area contributed by atoms with Crippen molar-refractivity contribution < 1.29 is 4.74 Å². The first-order valence-electron chi connectivity index (χ1n) is 6.82. The van der Waals surface area contributed by atoms with Crippen molar-refractivity contribution in [3.8, 4) is 5.75 Å². The summed E-state index contributed by atoms with van der Waals surface area (Å²) in [7, 11) is 1.65. The Morgan fingerprint density at radius 1 is 1.30 bits per heavy atom. The molecule has 0 saturated heterocycles. The Bertz CT molecular complexity index is 439. The van der Waals surface area contributed by atoms with E-state index in [0.717, 1.165) is 18.0 Å². The van der Waals surface area contributed by atoms with Crippen molar-refractivity contribution in [2.24, 2.45) is 16.1 Å². The minimum atomic E-state index is 0. The molecule has 0 heterocycles. The summed E-state index contributed by atoms with van der Waals surface area (Å²) in [5.41, 5.74) is 7.19. The number of benzene rings is 1. The summed E-state index contributed by atoms with van der Waals surface area (Å²) < 4.78 is 5.11. The fraction of sp³-hybridized carbons (Fsp3) is 0.533. The molecule has 1 aromatic rings. The molecule has 0 amide bonds. The number of rotatable bonds is 4. The number of anilines is 1. The van der Waals surface area contributed by atoms with Crippen LogP contribution in [0.1, 0.15) is 32.6 Å². The van der Waals surface area contributed by atoms with E-state index < -0.39 is 0 Å². The van der Waals surface area contributed by atoms with Crippen LogP contribution in [0.2, 0.25) is 0 Å². The molecule has 0 atom stereocenters. The fourth-order valence-corrected chi connectivity index (χ4v) is 2.52. The number of ether oxygens (including phenoxy) is 1. The third-order valence-corrected chi connectivity index (χ3v) is 3.80. The van der Waals surface area contributed by atoms with Crippen molar-refractivity contribution in [1.82, 2.24) is 0 Å². The maximum atomic E-state index is 5.92. The first-order valence-corrected chi connectivity index (χ1v) is 6.82. The zero-order valence-electron chi connectivity index (χ0n) is 12.2. The van der Waals surface area contributed by atoms with Gasteiger partial charge in [0.05, 0.1) is 7.11 Å². The topological polar surface area (TPSA) is 59.6 Å². The lowest BCUT2D eigenvalue weighted by Crippen LogP contribution is -2.25. The van der Waals surface area contributed by atoms with Gasteiger partial charge in [-0.3, -0.25) is 4.99 Å². The second-order valence-electron chi connectivity index (χ2n) is 5.57. The Morgan fingerprint density at radius 2 is 1.90 bits per heavy atom. The van der Waals surface area contributed by atoms with Gasteiger partial charge < -0.3 is 15.8 Å². The highest BCUT2D eigenvalue weighted by molar-refractivity contribution is 14.0. The van der Waals surface area contributed by atoms with Crippen molar-refractivity contribution in [2.45, 2.75) is 32.6 Å². The van der Waals surface area contributed by atoms with Gasteiger partial charge in [0.15, 0.2) is 5.96 Å². The van der Waals surface area contributed by atoms with Crippen molar-refractivity contribution in [2.75, 3.05) is 19.0 Å². The fourth-order valence-electron chi connectivity index (χ4n) is 2.52.